The largest absolute Gasteiger partial charge is 0.488 e. The van der Waals surface area contributed by atoms with Crippen molar-refractivity contribution in [3.05, 3.63) is 53.6 Å². The summed E-state index contributed by atoms with van der Waals surface area (Å²) in [4.78, 5) is 31.1. The summed E-state index contributed by atoms with van der Waals surface area (Å²) in [5.41, 5.74) is 1.03. The van der Waals surface area contributed by atoms with Crippen LogP contribution >= 0.6 is 0 Å². The Labute approximate surface area is 221 Å². The molecule has 0 fully saturated rings. The molecule has 0 spiro atoms. The van der Waals surface area contributed by atoms with Crippen molar-refractivity contribution >= 4 is 23.3 Å². The van der Waals surface area contributed by atoms with E-state index in [4.69, 9.17) is 4.74 Å². The van der Waals surface area contributed by atoms with Gasteiger partial charge >= 0.3 is 12.2 Å². The highest BCUT2D eigenvalue weighted by Gasteiger charge is 2.32. The normalized spacial score (nSPS) is 18.9. The lowest BCUT2D eigenvalue weighted by molar-refractivity contribution is -0.137. The molecule has 38 heavy (non-hydrogen) atoms. The van der Waals surface area contributed by atoms with Gasteiger partial charge in [-0.15, -0.1) is 0 Å². The zero-order valence-corrected chi connectivity index (χ0v) is 22.2. The molecule has 3 atom stereocenters. The first kappa shape index (κ1) is 29.1. The molecule has 3 rings (SSSR count). The number of nitrogens with one attached hydrogen (secondary N) is 1. The van der Waals surface area contributed by atoms with E-state index in [-0.39, 0.29) is 37.1 Å². The zero-order valence-electron chi connectivity index (χ0n) is 22.2. The molecule has 2 aromatic carbocycles. The fraction of sp³-hybridized carbons (Fsp3) is 0.481. The summed E-state index contributed by atoms with van der Waals surface area (Å²) in [7, 11) is 5.36. The van der Waals surface area contributed by atoms with Crippen LogP contribution in [0.15, 0.2) is 42.5 Å². The maximum absolute atomic E-state index is 13.2. The number of urea groups is 1. The number of ether oxygens (including phenoxy) is 1. The van der Waals surface area contributed by atoms with Gasteiger partial charge in [-0.2, -0.15) is 13.2 Å². The van der Waals surface area contributed by atoms with Gasteiger partial charge in [0, 0.05) is 50.5 Å². The first-order valence-corrected chi connectivity index (χ1v) is 12.4. The third-order valence-corrected chi connectivity index (χ3v) is 6.68. The molecule has 208 valence electrons. The maximum Gasteiger partial charge on any atom is 0.416 e. The molecule has 1 aliphatic heterocycles. The van der Waals surface area contributed by atoms with Crippen LogP contribution in [0.5, 0.6) is 5.75 Å². The van der Waals surface area contributed by atoms with Crippen LogP contribution in [0.4, 0.5) is 29.3 Å². The summed E-state index contributed by atoms with van der Waals surface area (Å²) in [6.07, 6.45) is -4.87. The molecule has 3 amide bonds. The van der Waals surface area contributed by atoms with Gasteiger partial charge in [-0.25, -0.2) is 4.79 Å². The number of benzene rings is 2. The maximum atomic E-state index is 13.2. The standard InChI is InChI=1S/C27H35F3N4O4/c1-17-14-34(18(2)16-35)25(36)13-19-12-22(32(3)4)10-11-23(19)38-24(17)15-33(5)26(37)31-21-8-6-20(7-9-21)27(28,29)30/h6-12,17-18,24,35H,13-16H2,1-5H3,(H,31,37)/t17-,18+,24-/m0/s1. The van der Waals surface area contributed by atoms with E-state index in [0.29, 0.717) is 17.9 Å². The molecule has 1 aliphatic rings. The van der Waals surface area contributed by atoms with E-state index >= 15 is 0 Å². The molecular formula is C27H35F3N4O4. The lowest BCUT2D eigenvalue weighted by Crippen LogP contribution is -2.48. The number of rotatable bonds is 6. The summed E-state index contributed by atoms with van der Waals surface area (Å²) >= 11 is 0. The second-order valence-electron chi connectivity index (χ2n) is 9.96. The highest BCUT2D eigenvalue weighted by atomic mass is 19.4. The van der Waals surface area contributed by atoms with Crippen molar-refractivity contribution in [2.45, 2.75) is 38.6 Å². The number of aliphatic hydroxyl groups excluding tert-OH is 1. The molecule has 1 heterocycles. The predicted octanol–water partition coefficient (Wildman–Crippen LogP) is 4.08. The molecule has 2 aromatic rings. The number of amides is 3. The minimum Gasteiger partial charge on any atom is -0.488 e. The molecular weight excluding hydrogens is 501 g/mol. The Balaban J connectivity index is 1.83. The Hall–Kier alpha value is -3.47. The van der Waals surface area contributed by atoms with Crippen LogP contribution in [0, 0.1) is 5.92 Å². The number of hydrogen-bond donors (Lipinski definition) is 2. The number of aliphatic hydroxyl groups is 1. The van der Waals surface area contributed by atoms with Crippen LogP contribution in [0.3, 0.4) is 0 Å². The van der Waals surface area contributed by atoms with Crippen molar-refractivity contribution in [1.29, 1.82) is 0 Å². The van der Waals surface area contributed by atoms with Crippen molar-refractivity contribution in [3.63, 3.8) is 0 Å². The fourth-order valence-corrected chi connectivity index (χ4v) is 4.23. The van der Waals surface area contributed by atoms with Crippen molar-refractivity contribution < 1.29 is 32.6 Å². The van der Waals surface area contributed by atoms with Crippen molar-refractivity contribution in [2.24, 2.45) is 5.92 Å². The highest BCUT2D eigenvalue weighted by Crippen LogP contribution is 2.31. The van der Waals surface area contributed by atoms with Gasteiger partial charge in [-0.1, -0.05) is 6.92 Å². The average Bonchev–Trinajstić information content (AvgIpc) is 2.90. The first-order chi connectivity index (χ1) is 17.8. The monoisotopic (exact) mass is 536 g/mol. The Morgan fingerprint density at radius 2 is 1.84 bits per heavy atom. The van der Waals surface area contributed by atoms with Crippen LogP contribution in [0.2, 0.25) is 0 Å². The summed E-state index contributed by atoms with van der Waals surface area (Å²) in [6, 6.07) is 8.90. The number of hydrogen-bond acceptors (Lipinski definition) is 5. The Bertz CT molecular complexity index is 1120. The predicted molar refractivity (Wildman–Crippen MR) is 139 cm³/mol. The van der Waals surface area contributed by atoms with Crippen LogP contribution in [-0.2, 0) is 17.4 Å². The van der Waals surface area contributed by atoms with Gasteiger partial charge in [0.05, 0.1) is 31.2 Å². The molecule has 0 aliphatic carbocycles. The van der Waals surface area contributed by atoms with Crippen molar-refractivity contribution in [3.8, 4) is 5.75 Å². The second kappa shape index (κ2) is 11.9. The van der Waals surface area contributed by atoms with Crippen LogP contribution in [0.1, 0.15) is 25.0 Å². The molecule has 0 aromatic heterocycles. The zero-order chi connectivity index (χ0) is 28.2. The number of carbonyl (C=O) groups excluding carboxylic acids is 2. The summed E-state index contributed by atoms with van der Waals surface area (Å²) in [5, 5.41) is 12.4. The van der Waals surface area contributed by atoms with Gasteiger partial charge in [0.2, 0.25) is 5.91 Å². The van der Waals surface area contributed by atoms with Gasteiger partial charge in [-0.05, 0) is 49.4 Å². The molecule has 0 bridgehead atoms. The van der Waals surface area contributed by atoms with Crippen molar-refractivity contribution in [2.75, 3.05) is 51.1 Å². The fourth-order valence-electron chi connectivity index (χ4n) is 4.23. The second-order valence-corrected chi connectivity index (χ2v) is 9.96. The smallest absolute Gasteiger partial charge is 0.416 e. The Kier molecular flexibility index (Phi) is 9.14. The van der Waals surface area contributed by atoms with Crippen molar-refractivity contribution in [1.82, 2.24) is 9.80 Å². The van der Waals surface area contributed by atoms with E-state index in [9.17, 15) is 27.9 Å². The molecule has 11 heteroatoms. The molecule has 0 saturated heterocycles. The summed E-state index contributed by atoms with van der Waals surface area (Å²) < 4.78 is 44.9. The highest BCUT2D eigenvalue weighted by molar-refractivity contribution is 5.89. The molecule has 0 saturated carbocycles. The number of halogens is 3. The Morgan fingerprint density at radius 3 is 2.42 bits per heavy atom. The quantitative estimate of drug-likeness (QED) is 0.581. The van der Waals surface area contributed by atoms with E-state index in [0.717, 1.165) is 17.8 Å². The average molecular weight is 537 g/mol. The number of nitrogens with zero attached hydrogens (tertiary/aromatic N) is 3. The van der Waals surface area contributed by atoms with E-state index in [2.05, 4.69) is 5.32 Å². The van der Waals surface area contributed by atoms with Crippen LogP contribution in [-0.4, -0.2) is 79.8 Å². The Morgan fingerprint density at radius 1 is 1.18 bits per heavy atom. The SMILES string of the molecule is C[C@H](CO)N1C[C@H](C)[C@H](CN(C)C(=O)Nc2ccc(C(F)(F)F)cc2)Oc2ccc(N(C)C)cc2CC1=O. The van der Waals surface area contributed by atoms with Gasteiger partial charge in [0.25, 0.3) is 0 Å². The molecule has 0 radical (unpaired) electrons. The van der Waals surface area contributed by atoms with Gasteiger partial charge in [0.15, 0.2) is 0 Å². The molecule has 0 unspecified atom stereocenters. The number of anilines is 2. The number of alkyl halides is 3. The molecule has 2 N–H and O–H groups in total. The van der Waals surface area contributed by atoms with E-state index in [1.54, 1.807) is 18.9 Å². The third kappa shape index (κ3) is 7.09. The minimum absolute atomic E-state index is 0.102. The lowest BCUT2D eigenvalue weighted by atomic mass is 10.0. The van der Waals surface area contributed by atoms with Crippen LogP contribution < -0.4 is 15.0 Å². The van der Waals surface area contributed by atoms with Gasteiger partial charge < -0.3 is 29.9 Å². The topological polar surface area (TPSA) is 85.3 Å². The van der Waals surface area contributed by atoms with E-state index in [1.165, 1.54) is 17.0 Å². The minimum atomic E-state index is -4.46. The number of likely N-dealkylation sites (N-methyl/N-ethyl adjacent to an activating group) is 1. The van der Waals surface area contributed by atoms with Gasteiger partial charge in [0.1, 0.15) is 11.9 Å². The summed E-state index contributed by atoms with van der Waals surface area (Å²) in [5.74, 6) is 0.192. The number of fused-ring (bicyclic) bond motifs is 1. The number of carbonyl (C=O) groups is 2. The third-order valence-electron chi connectivity index (χ3n) is 6.68. The van der Waals surface area contributed by atoms with E-state index in [1.807, 2.05) is 44.1 Å². The van der Waals surface area contributed by atoms with Crippen LogP contribution in [0.25, 0.3) is 0 Å². The lowest BCUT2D eigenvalue weighted by Gasteiger charge is -2.34. The van der Waals surface area contributed by atoms with E-state index < -0.39 is 29.9 Å². The van der Waals surface area contributed by atoms with Gasteiger partial charge in [-0.3, -0.25) is 4.79 Å². The first-order valence-electron chi connectivity index (χ1n) is 12.4. The summed E-state index contributed by atoms with van der Waals surface area (Å²) in [6.45, 7) is 3.96. The molecule has 8 nitrogen and oxygen atoms in total.